The second-order valence-electron chi connectivity index (χ2n) is 6.59. The van der Waals surface area contributed by atoms with Crippen LogP contribution in [0.1, 0.15) is 13.3 Å². The molecular weight excluding hydrogens is 374 g/mol. The van der Waals surface area contributed by atoms with Crippen LogP contribution in [0.15, 0.2) is 11.4 Å². The Morgan fingerprint density at radius 2 is 2.12 bits per heavy atom. The van der Waals surface area contributed by atoms with Gasteiger partial charge in [0.15, 0.2) is 5.65 Å². The molecule has 0 fully saturated rings. The fourth-order valence-electron chi connectivity index (χ4n) is 2.25. The highest BCUT2D eigenvalue weighted by atomic mass is 32.2. The number of aliphatic hydroxyl groups is 1. The molecule has 0 aliphatic rings. The molecule has 26 heavy (non-hydrogen) atoms. The average Bonchev–Trinajstić information content (AvgIpc) is 2.94. The molecule has 0 bridgehead atoms. The van der Waals surface area contributed by atoms with Crippen molar-refractivity contribution in [3.05, 3.63) is 6.20 Å². The lowest BCUT2D eigenvalue weighted by molar-refractivity contribution is 0.0718. The minimum absolute atomic E-state index is 0.190. The highest BCUT2D eigenvalue weighted by molar-refractivity contribution is 7.90. The largest absolute Gasteiger partial charge is 0.392 e. The van der Waals surface area contributed by atoms with Crippen LogP contribution in [0, 0.1) is 0 Å². The van der Waals surface area contributed by atoms with Crippen LogP contribution >= 0.6 is 0 Å². The molecular formula is C15H26N5O4SSi. The molecule has 11 heteroatoms. The van der Waals surface area contributed by atoms with Crippen molar-refractivity contribution in [2.75, 3.05) is 24.7 Å². The molecule has 2 N–H and O–H groups in total. The Kier molecular flexibility index (Phi) is 7.09. The van der Waals surface area contributed by atoms with Gasteiger partial charge in [-0.05, 0) is 13.3 Å². The summed E-state index contributed by atoms with van der Waals surface area (Å²) in [4.78, 5) is 8.22. The van der Waals surface area contributed by atoms with Gasteiger partial charge < -0.3 is 15.2 Å². The van der Waals surface area contributed by atoms with E-state index in [4.69, 9.17) is 4.74 Å². The van der Waals surface area contributed by atoms with Crippen molar-refractivity contribution in [3.63, 3.8) is 0 Å². The second kappa shape index (κ2) is 8.89. The number of aliphatic hydroxyl groups excluding tert-OH is 1. The lowest BCUT2D eigenvalue weighted by Crippen LogP contribution is -2.17. The number of anilines is 1. The first-order chi connectivity index (χ1) is 12.2. The summed E-state index contributed by atoms with van der Waals surface area (Å²) in [7, 11) is -3.85. The summed E-state index contributed by atoms with van der Waals surface area (Å²) in [6.45, 7) is 7.19. The molecule has 2 rings (SSSR count). The van der Waals surface area contributed by atoms with Crippen LogP contribution in [0.2, 0.25) is 19.1 Å². The molecule has 0 spiro atoms. The standard InChI is InChI=1S/C15H26N5O4SSi/c1-11(21)8-16-13-12-9-17-20(10-24-6-5-7-26(3)4)14(12)19-15(18-13)25(2,22)23/h9,11,21H,5-8,10H2,1-4H3,(H,16,18,19)/t11-/m0/s1. The molecule has 1 radical (unpaired) electrons. The molecule has 0 aliphatic heterocycles. The van der Waals surface area contributed by atoms with Crippen LogP contribution in [-0.4, -0.2) is 67.6 Å². The number of hydrogen-bond donors (Lipinski definition) is 2. The van der Waals surface area contributed by atoms with Crippen molar-refractivity contribution in [1.29, 1.82) is 0 Å². The van der Waals surface area contributed by atoms with Crippen molar-refractivity contribution in [2.45, 2.75) is 50.5 Å². The normalized spacial score (nSPS) is 13.5. The lowest BCUT2D eigenvalue weighted by Gasteiger charge is -2.10. The van der Waals surface area contributed by atoms with E-state index in [9.17, 15) is 13.5 Å². The number of hydrogen-bond acceptors (Lipinski definition) is 8. The van der Waals surface area contributed by atoms with E-state index in [0.29, 0.717) is 23.5 Å². The molecule has 0 aliphatic carbocycles. The topological polar surface area (TPSA) is 119 Å². The number of rotatable bonds is 10. The van der Waals surface area contributed by atoms with E-state index in [1.54, 1.807) is 13.1 Å². The van der Waals surface area contributed by atoms with E-state index in [0.717, 1.165) is 12.7 Å². The van der Waals surface area contributed by atoms with Crippen LogP contribution in [0.5, 0.6) is 0 Å². The van der Waals surface area contributed by atoms with E-state index >= 15 is 0 Å². The van der Waals surface area contributed by atoms with E-state index < -0.39 is 15.9 Å². The van der Waals surface area contributed by atoms with Gasteiger partial charge in [-0.25, -0.2) is 18.1 Å². The van der Waals surface area contributed by atoms with Gasteiger partial charge in [0.1, 0.15) is 12.5 Å². The van der Waals surface area contributed by atoms with Gasteiger partial charge in [0.2, 0.25) is 9.84 Å². The summed E-state index contributed by atoms with van der Waals surface area (Å²) in [5.74, 6) is 0.326. The SMILES string of the molecule is C[C@H](O)CNc1nc(S(C)(=O)=O)nc2c1cnn2COCCC[Si](C)C. The highest BCUT2D eigenvalue weighted by Crippen LogP contribution is 2.22. The van der Waals surface area contributed by atoms with Crippen molar-refractivity contribution in [2.24, 2.45) is 0 Å². The third-order valence-corrected chi connectivity index (χ3v) is 5.75. The zero-order valence-electron chi connectivity index (χ0n) is 15.6. The second-order valence-corrected chi connectivity index (χ2v) is 11.4. The van der Waals surface area contributed by atoms with Crippen LogP contribution in [0.4, 0.5) is 5.82 Å². The Morgan fingerprint density at radius 1 is 1.38 bits per heavy atom. The first kappa shape index (κ1) is 20.7. The predicted octanol–water partition coefficient (Wildman–Crippen LogP) is 1.14. The minimum Gasteiger partial charge on any atom is -0.392 e. The molecule has 0 aromatic carbocycles. The van der Waals surface area contributed by atoms with Gasteiger partial charge in [0.25, 0.3) is 5.16 Å². The summed E-state index contributed by atoms with van der Waals surface area (Å²) in [5, 5.41) is 16.9. The Bertz CT molecular complexity index is 838. The first-order valence-corrected chi connectivity index (χ1v) is 13.0. The molecule has 0 unspecified atom stereocenters. The third-order valence-electron chi connectivity index (χ3n) is 3.55. The zero-order chi connectivity index (χ0) is 19.3. The number of ether oxygens (including phenoxy) is 1. The van der Waals surface area contributed by atoms with Gasteiger partial charge in [0.05, 0.1) is 17.7 Å². The summed E-state index contributed by atoms with van der Waals surface area (Å²) in [5.41, 5.74) is 0.379. The number of nitrogens with zero attached hydrogens (tertiary/aromatic N) is 4. The van der Waals surface area contributed by atoms with Gasteiger partial charge in [-0.3, -0.25) is 0 Å². The van der Waals surface area contributed by atoms with Gasteiger partial charge in [0, 0.05) is 28.2 Å². The Labute approximate surface area is 155 Å². The van der Waals surface area contributed by atoms with Gasteiger partial charge in [-0.15, -0.1) is 0 Å². The van der Waals surface area contributed by atoms with E-state index in [-0.39, 0.29) is 27.2 Å². The summed E-state index contributed by atoms with van der Waals surface area (Å²) >= 11 is 0. The van der Waals surface area contributed by atoms with E-state index in [1.165, 1.54) is 10.7 Å². The van der Waals surface area contributed by atoms with Crippen molar-refractivity contribution in [1.82, 2.24) is 19.7 Å². The Morgan fingerprint density at radius 3 is 2.73 bits per heavy atom. The quantitative estimate of drug-likeness (QED) is 0.346. The molecule has 0 saturated heterocycles. The smallest absolute Gasteiger partial charge is 0.250 e. The lowest BCUT2D eigenvalue weighted by atomic mass is 10.3. The summed E-state index contributed by atoms with van der Waals surface area (Å²) in [6.07, 6.45) is 3.00. The number of nitrogens with one attached hydrogen (secondary N) is 1. The zero-order valence-corrected chi connectivity index (χ0v) is 17.4. The molecule has 0 amide bonds. The maximum absolute atomic E-state index is 11.9. The Balaban J connectivity index is 2.25. The number of aromatic nitrogens is 4. The van der Waals surface area contributed by atoms with Gasteiger partial charge in [-0.2, -0.15) is 10.1 Å². The van der Waals surface area contributed by atoms with Gasteiger partial charge in [-0.1, -0.05) is 19.1 Å². The molecule has 2 heterocycles. The summed E-state index contributed by atoms with van der Waals surface area (Å²) < 4.78 is 31.0. The fourth-order valence-corrected chi connectivity index (χ4v) is 3.61. The van der Waals surface area contributed by atoms with E-state index in [2.05, 4.69) is 33.5 Å². The highest BCUT2D eigenvalue weighted by Gasteiger charge is 2.19. The maximum Gasteiger partial charge on any atom is 0.250 e. The predicted molar refractivity (Wildman–Crippen MR) is 101 cm³/mol. The number of sulfone groups is 1. The fraction of sp³-hybridized carbons (Fsp3) is 0.667. The average molecular weight is 401 g/mol. The van der Waals surface area contributed by atoms with E-state index in [1.807, 2.05) is 0 Å². The van der Waals surface area contributed by atoms with Crippen LogP contribution in [0.3, 0.4) is 0 Å². The minimum atomic E-state index is -3.59. The Hall–Kier alpha value is -1.56. The van der Waals surface area contributed by atoms with Crippen molar-refractivity contribution >= 4 is 35.5 Å². The van der Waals surface area contributed by atoms with Crippen LogP contribution in [0.25, 0.3) is 11.0 Å². The molecule has 1 atom stereocenters. The van der Waals surface area contributed by atoms with Crippen LogP contribution in [-0.2, 0) is 21.3 Å². The third kappa shape index (κ3) is 5.73. The number of fused-ring (bicyclic) bond motifs is 1. The van der Waals surface area contributed by atoms with Gasteiger partial charge >= 0.3 is 0 Å². The molecule has 145 valence electrons. The monoisotopic (exact) mass is 400 g/mol. The van der Waals surface area contributed by atoms with Crippen molar-refractivity contribution < 1.29 is 18.3 Å². The molecule has 9 nitrogen and oxygen atoms in total. The van der Waals surface area contributed by atoms with Crippen LogP contribution < -0.4 is 5.32 Å². The summed E-state index contributed by atoms with van der Waals surface area (Å²) in [6, 6.07) is 1.18. The molecule has 2 aromatic heterocycles. The van der Waals surface area contributed by atoms with Crippen molar-refractivity contribution in [3.8, 4) is 0 Å². The molecule has 0 saturated carbocycles. The maximum atomic E-state index is 11.9. The first-order valence-electron chi connectivity index (χ1n) is 8.41. The molecule has 2 aromatic rings.